The highest BCUT2D eigenvalue weighted by Gasteiger charge is 2.51. The third-order valence-electron chi connectivity index (χ3n) is 6.31. The number of hydrogen-bond acceptors (Lipinski definition) is 3. The third kappa shape index (κ3) is 3.85. The summed E-state index contributed by atoms with van der Waals surface area (Å²) in [5.74, 6) is -0.158. The number of nitrogens with zero attached hydrogens (tertiary/aromatic N) is 1. The van der Waals surface area contributed by atoms with E-state index in [0.717, 1.165) is 36.1 Å². The fraction of sp³-hybridized carbons (Fsp3) is 0.458. The van der Waals surface area contributed by atoms with Crippen LogP contribution in [0.1, 0.15) is 50.3 Å². The highest BCUT2D eigenvalue weighted by Crippen LogP contribution is 2.48. The molecule has 0 saturated heterocycles. The summed E-state index contributed by atoms with van der Waals surface area (Å²) >= 11 is 0. The molecule has 1 aliphatic carbocycles. The molecule has 0 spiro atoms. The first-order chi connectivity index (χ1) is 14.1. The van der Waals surface area contributed by atoms with Gasteiger partial charge in [-0.05, 0) is 47.4 Å². The lowest BCUT2D eigenvalue weighted by atomic mass is 9.85. The van der Waals surface area contributed by atoms with E-state index in [0.29, 0.717) is 6.54 Å². The van der Waals surface area contributed by atoms with E-state index >= 15 is 0 Å². The number of para-hydroxylation sites is 1. The van der Waals surface area contributed by atoms with Gasteiger partial charge in [-0.1, -0.05) is 63.2 Å². The van der Waals surface area contributed by atoms with Crippen molar-refractivity contribution in [1.82, 2.24) is 5.32 Å². The Balaban J connectivity index is 1.38. The Bertz CT molecular complexity index is 1050. The SMILES string of the molecule is CC(C)(C)c1ccc(C2(C(=O)NCCS(=O)(=O)N3CCc4ccccc43)CC2)cc1. The molecule has 30 heavy (non-hydrogen) atoms. The molecule has 2 aromatic carbocycles. The minimum Gasteiger partial charge on any atom is -0.354 e. The van der Waals surface area contributed by atoms with Crippen molar-refractivity contribution >= 4 is 21.6 Å². The third-order valence-corrected chi connectivity index (χ3v) is 8.08. The maximum Gasteiger partial charge on any atom is 0.236 e. The molecule has 2 aliphatic rings. The van der Waals surface area contributed by atoms with Gasteiger partial charge in [-0.3, -0.25) is 9.10 Å². The highest BCUT2D eigenvalue weighted by atomic mass is 32.2. The van der Waals surface area contributed by atoms with Crippen molar-refractivity contribution in [1.29, 1.82) is 0 Å². The largest absolute Gasteiger partial charge is 0.354 e. The second-order valence-electron chi connectivity index (χ2n) is 9.43. The molecule has 0 unspecified atom stereocenters. The maximum absolute atomic E-state index is 12.9. The van der Waals surface area contributed by atoms with Gasteiger partial charge in [0.1, 0.15) is 0 Å². The first-order valence-corrected chi connectivity index (χ1v) is 12.2. The summed E-state index contributed by atoms with van der Waals surface area (Å²) in [5.41, 5.74) is 3.64. The number of rotatable bonds is 6. The van der Waals surface area contributed by atoms with Gasteiger partial charge in [-0.25, -0.2) is 8.42 Å². The van der Waals surface area contributed by atoms with E-state index in [2.05, 4.69) is 38.2 Å². The number of benzene rings is 2. The first kappa shape index (κ1) is 20.9. The highest BCUT2D eigenvalue weighted by molar-refractivity contribution is 7.92. The molecule has 160 valence electrons. The molecular weight excluding hydrogens is 396 g/mol. The fourth-order valence-electron chi connectivity index (χ4n) is 4.23. The van der Waals surface area contributed by atoms with Crippen LogP contribution in [0.4, 0.5) is 5.69 Å². The number of carbonyl (C=O) groups excluding carboxylic acids is 1. The molecule has 1 heterocycles. The van der Waals surface area contributed by atoms with Crippen molar-refractivity contribution in [2.75, 3.05) is 23.1 Å². The molecule has 1 amide bonds. The van der Waals surface area contributed by atoms with Crippen molar-refractivity contribution in [2.24, 2.45) is 0 Å². The van der Waals surface area contributed by atoms with Crippen LogP contribution < -0.4 is 9.62 Å². The number of fused-ring (bicyclic) bond motifs is 1. The molecule has 1 saturated carbocycles. The minimum atomic E-state index is -3.46. The topological polar surface area (TPSA) is 66.5 Å². The van der Waals surface area contributed by atoms with Crippen molar-refractivity contribution in [3.8, 4) is 0 Å². The molecule has 1 fully saturated rings. The number of amides is 1. The number of hydrogen-bond donors (Lipinski definition) is 1. The van der Waals surface area contributed by atoms with Crippen LogP contribution in [0, 0.1) is 0 Å². The minimum absolute atomic E-state index is 0.0666. The zero-order valence-corrected chi connectivity index (χ0v) is 18.8. The van der Waals surface area contributed by atoms with Gasteiger partial charge in [0, 0.05) is 13.1 Å². The van der Waals surface area contributed by atoms with Gasteiger partial charge in [0.2, 0.25) is 15.9 Å². The molecule has 0 aromatic heterocycles. The molecule has 1 aliphatic heterocycles. The lowest BCUT2D eigenvalue weighted by Gasteiger charge is -2.22. The van der Waals surface area contributed by atoms with Gasteiger partial charge in [0.25, 0.3) is 0 Å². The molecule has 0 bridgehead atoms. The Morgan fingerprint density at radius 2 is 1.73 bits per heavy atom. The van der Waals surface area contributed by atoms with E-state index in [1.54, 1.807) is 0 Å². The lowest BCUT2D eigenvalue weighted by molar-refractivity contribution is -0.123. The Hall–Kier alpha value is -2.34. The smallest absolute Gasteiger partial charge is 0.236 e. The summed E-state index contributed by atoms with van der Waals surface area (Å²) in [4.78, 5) is 12.9. The summed E-state index contributed by atoms with van der Waals surface area (Å²) in [5, 5.41) is 2.89. The lowest BCUT2D eigenvalue weighted by Crippen LogP contribution is -2.40. The fourth-order valence-corrected chi connectivity index (χ4v) is 5.66. The molecule has 4 rings (SSSR count). The van der Waals surface area contributed by atoms with Gasteiger partial charge in [-0.2, -0.15) is 0 Å². The normalized spacial score (nSPS) is 17.5. The summed E-state index contributed by atoms with van der Waals surface area (Å²) in [6.45, 7) is 7.10. The zero-order chi connectivity index (χ0) is 21.6. The van der Waals surface area contributed by atoms with Crippen LogP contribution in [0.25, 0.3) is 0 Å². The Kier molecular flexibility index (Phi) is 5.17. The zero-order valence-electron chi connectivity index (χ0n) is 17.9. The number of carbonyl (C=O) groups is 1. The van der Waals surface area contributed by atoms with E-state index in [1.807, 2.05) is 36.4 Å². The van der Waals surface area contributed by atoms with Crippen molar-refractivity contribution < 1.29 is 13.2 Å². The van der Waals surface area contributed by atoms with E-state index in [9.17, 15) is 13.2 Å². The van der Waals surface area contributed by atoms with Crippen molar-refractivity contribution in [2.45, 2.75) is 50.9 Å². The average Bonchev–Trinajstić information content (AvgIpc) is 3.39. The quantitative estimate of drug-likeness (QED) is 0.769. The van der Waals surface area contributed by atoms with Crippen LogP contribution in [-0.2, 0) is 32.1 Å². The van der Waals surface area contributed by atoms with Gasteiger partial charge >= 0.3 is 0 Å². The maximum atomic E-state index is 12.9. The predicted molar refractivity (Wildman–Crippen MR) is 120 cm³/mol. The number of nitrogens with one attached hydrogen (secondary N) is 1. The summed E-state index contributed by atoms with van der Waals surface area (Å²) in [6.07, 6.45) is 2.34. The standard InChI is InChI=1S/C24H30N2O3S/c1-23(2,3)19-8-10-20(11-9-19)24(13-14-24)22(27)25-15-17-30(28,29)26-16-12-18-6-4-5-7-21(18)26/h4-11H,12-17H2,1-3H3,(H,25,27). The first-order valence-electron chi connectivity index (χ1n) is 10.6. The Morgan fingerprint density at radius 1 is 1.07 bits per heavy atom. The van der Waals surface area contributed by atoms with Crippen molar-refractivity contribution in [3.05, 3.63) is 65.2 Å². The Labute approximate surface area is 179 Å². The van der Waals surface area contributed by atoms with Crippen LogP contribution in [-0.4, -0.2) is 33.2 Å². The second-order valence-corrected chi connectivity index (χ2v) is 11.4. The number of anilines is 1. The molecule has 1 N–H and O–H groups in total. The van der Waals surface area contributed by atoms with Crippen LogP contribution in [0.15, 0.2) is 48.5 Å². The monoisotopic (exact) mass is 426 g/mol. The van der Waals surface area contributed by atoms with E-state index in [1.165, 1.54) is 9.87 Å². The molecule has 6 heteroatoms. The molecular formula is C24H30N2O3S. The van der Waals surface area contributed by atoms with Crippen molar-refractivity contribution in [3.63, 3.8) is 0 Å². The van der Waals surface area contributed by atoms with Crippen LogP contribution >= 0.6 is 0 Å². The molecule has 0 radical (unpaired) electrons. The van der Waals surface area contributed by atoms with Crippen LogP contribution in [0.2, 0.25) is 0 Å². The van der Waals surface area contributed by atoms with Crippen LogP contribution in [0.5, 0.6) is 0 Å². The summed E-state index contributed by atoms with van der Waals surface area (Å²) < 4.78 is 27.1. The number of sulfonamides is 1. The van der Waals surface area contributed by atoms with Gasteiger partial charge in [0.15, 0.2) is 0 Å². The van der Waals surface area contributed by atoms with Gasteiger partial charge < -0.3 is 5.32 Å². The predicted octanol–water partition coefficient (Wildman–Crippen LogP) is 3.52. The molecule has 2 aromatic rings. The van der Waals surface area contributed by atoms with Gasteiger partial charge in [0.05, 0.1) is 16.9 Å². The van der Waals surface area contributed by atoms with E-state index in [-0.39, 0.29) is 23.6 Å². The second kappa shape index (κ2) is 7.41. The Morgan fingerprint density at radius 3 is 2.37 bits per heavy atom. The summed E-state index contributed by atoms with van der Waals surface area (Å²) in [6, 6.07) is 15.9. The van der Waals surface area contributed by atoms with Crippen LogP contribution in [0.3, 0.4) is 0 Å². The molecule has 0 atom stereocenters. The molecule has 5 nitrogen and oxygen atoms in total. The average molecular weight is 427 g/mol. The van der Waals surface area contributed by atoms with E-state index in [4.69, 9.17) is 0 Å². The van der Waals surface area contributed by atoms with Gasteiger partial charge in [-0.15, -0.1) is 0 Å². The van der Waals surface area contributed by atoms with E-state index < -0.39 is 15.4 Å². The summed E-state index contributed by atoms with van der Waals surface area (Å²) in [7, 11) is -3.46.